The number of carbonyl (C=O) groups excluding carboxylic acids is 1. The fraction of sp³-hybridized carbons (Fsp3) is 0.455. The minimum Gasteiger partial charge on any atom is -0.479 e. The molecule has 1 heterocycles. The predicted octanol–water partition coefficient (Wildman–Crippen LogP) is 1.59. The van der Waals surface area contributed by atoms with Gasteiger partial charge in [0, 0.05) is 23.6 Å². The van der Waals surface area contributed by atoms with Gasteiger partial charge in [-0.25, -0.2) is 4.79 Å². The molecule has 0 aliphatic rings. The number of aliphatic hydroxyl groups is 1. The van der Waals surface area contributed by atoms with Crippen LogP contribution >= 0.6 is 34.7 Å². The summed E-state index contributed by atoms with van der Waals surface area (Å²) in [7, 11) is 0. The van der Waals surface area contributed by atoms with Crippen LogP contribution in [0.5, 0.6) is 0 Å². The second kappa shape index (κ2) is 8.42. The Morgan fingerprint density at radius 1 is 1.47 bits per heavy atom. The van der Waals surface area contributed by atoms with Gasteiger partial charge in [0.15, 0.2) is 6.10 Å². The van der Waals surface area contributed by atoms with Crippen LogP contribution < -0.4 is 5.32 Å². The molecule has 0 fully saturated rings. The molecule has 1 aromatic heterocycles. The van der Waals surface area contributed by atoms with E-state index in [9.17, 15) is 9.59 Å². The molecule has 8 heteroatoms. The van der Waals surface area contributed by atoms with Crippen molar-refractivity contribution in [2.45, 2.75) is 18.3 Å². The topological polar surface area (TPSA) is 86.6 Å². The fourth-order valence-corrected chi connectivity index (χ4v) is 3.25. The van der Waals surface area contributed by atoms with Gasteiger partial charge < -0.3 is 15.5 Å². The van der Waals surface area contributed by atoms with Gasteiger partial charge in [0.25, 0.3) is 0 Å². The molecule has 19 heavy (non-hydrogen) atoms. The lowest BCUT2D eigenvalue weighted by atomic mass is 10.2. The zero-order chi connectivity index (χ0) is 14.3. The van der Waals surface area contributed by atoms with Gasteiger partial charge in [-0.1, -0.05) is 11.6 Å². The van der Waals surface area contributed by atoms with Crippen LogP contribution in [0, 0.1) is 0 Å². The van der Waals surface area contributed by atoms with Gasteiger partial charge in [-0.05, 0) is 12.1 Å². The lowest BCUT2D eigenvalue weighted by Crippen LogP contribution is -2.31. The number of carbonyl (C=O) groups is 2. The third-order valence-electron chi connectivity index (χ3n) is 2.13. The summed E-state index contributed by atoms with van der Waals surface area (Å²) >= 11 is 8.72. The van der Waals surface area contributed by atoms with Crippen molar-refractivity contribution in [3.05, 3.63) is 21.3 Å². The molecular weight excluding hydrogens is 310 g/mol. The van der Waals surface area contributed by atoms with Crippen LogP contribution in [0.1, 0.15) is 11.3 Å². The molecule has 1 rings (SSSR count). The van der Waals surface area contributed by atoms with Gasteiger partial charge in [-0.2, -0.15) is 0 Å². The summed E-state index contributed by atoms with van der Waals surface area (Å²) in [5, 5.41) is 20.0. The van der Waals surface area contributed by atoms with Crippen molar-refractivity contribution in [3.8, 4) is 0 Å². The first-order chi connectivity index (χ1) is 8.99. The Kier molecular flexibility index (Phi) is 7.22. The lowest BCUT2D eigenvalue weighted by Gasteiger charge is -2.07. The van der Waals surface area contributed by atoms with Crippen LogP contribution in [0.4, 0.5) is 0 Å². The number of thiophene rings is 1. The maximum atomic E-state index is 11.4. The van der Waals surface area contributed by atoms with Crippen LogP contribution in [0.3, 0.4) is 0 Å². The number of hydrogen-bond donors (Lipinski definition) is 3. The number of nitrogens with one attached hydrogen (secondary N) is 1. The molecule has 0 spiro atoms. The van der Waals surface area contributed by atoms with E-state index in [-0.39, 0.29) is 18.9 Å². The molecule has 0 bridgehead atoms. The number of halogens is 1. The molecule has 0 saturated heterocycles. The maximum absolute atomic E-state index is 11.4. The van der Waals surface area contributed by atoms with Gasteiger partial charge >= 0.3 is 5.97 Å². The third kappa shape index (κ3) is 6.81. The average molecular weight is 324 g/mol. The molecule has 0 saturated carbocycles. The Morgan fingerprint density at radius 2 is 2.21 bits per heavy atom. The number of aliphatic hydroxyl groups excluding tert-OH is 1. The number of rotatable bonds is 8. The quantitative estimate of drug-likeness (QED) is 0.676. The van der Waals surface area contributed by atoms with Crippen molar-refractivity contribution < 1.29 is 19.8 Å². The van der Waals surface area contributed by atoms with E-state index in [1.165, 1.54) is 23.1 Å². The van der Waals surface area contributed by atoms with Gasteiger partial charge in [-0.3, -0.25) is 4.79 Å². The van der Waals surface area contributed by atoms with Crippen LogP contribution in [-0.2, 0) is 15.3 Å². The number of thioether (sulfide) groups is 1. The SMILES string of the molecule is O=C(CSCc1ccc(Cl)s1)NCCC(O)C(=O)O. The maximum Gasteiger partial charge on any atom is 0.332 e. The summed E-state index contributed by atoms with van der Waals surface area (Å²) in [6.07, 6.45) is -1.42. The van der Waals surface area contributed by atoms with E-state index < -0.39 is 12.1 Å². The molecular formula is C11H14ClNO4S2. The number of hydrogen-bond acceptors (Lipinski definition) is 5. The van der Waals surface area contributed by atoms with Gasteiger partial charge in [0.05, 0.1) is 10.1 Å². The summed E-state index contributed by atoms with van der Waals surface area (Å²) in [6, 6.07) is 3.73. The van der Waals surface area contributed by atoms with E-state index >= 15 is 0 Å². The second-order valence-corrected chi connectivity index (χ2v) is 6.48. The Hall–Kier alpha value is -0.760. The fourth-order valence-electron chi connectivity index (χ4n) is 1.20. The Balaban J connectivity index is 2.10. The first kappa shape index (κ1) is 16.3. The van der Waals surface area contributed by atoms with E-state index in [2.05, 4.69) is 5.32 Å². The van der Waals surface area contributed by atoms with Gasteiger partial charge in [0.1, 0.15) is 0 Å². The molecule has 3 N–H and O–H groups in total. The molecule has 1 amide bonds. The van der Waals surface area contributed by atoms with Crippen molar-refractivity contribution >= 4 is 46.6 Å². The van der Waals surface area contributed by atoms with E-state index in [1.54, 1.807) is 0 Å². The molecule has 0 aliphatic heterocycles. The number of carboxylic acid groups (broad SMARTS) is 1. The third-order valence-corrected chi connectivity index (χ3v) is 4.53. The van der Waals surface area contributed by atoms with Crippen molar-refractivity contribution in [2.75, 3.05) is 12.3 Å². The normalized spacial score (nSPS) is 12.1. The van der Waals surface area contributed by atoms with Gasteiger partial charge in [-0.15, -0.1) is 23.1 Å². The highest BCUT2D eigenvalue weighted by Crippen LogP contribution is 2.24. The highest BCUT2D eigenvalue weighted by Gasteiger charge is 2.12. The Bertz CT molecular complexity index is 438. The summed E-state index contributed by atoms with van der Waals surface area (Å²) in [6.45, 7) is 0.150. The van der Waals surface area contributed by atoms with Crippen molar-refractivity contribution in [1.82, 2.24) is 5.32 Å². The van der Waals surface area contributed by atoms with E-state index in [0.29, 0.717) is 11.5 Å². The van der Waals surface area contributed by atoms with Gasteiger partial charge in [0.2, 0.25) is 5.91 Å². The number of carboxylic acids is 1. The van der Waals surface area contributed by atoms with Crippen LogP contribution in [0.25, 0.3) is 0 Å². The van der Waals surface area contributed by atoms with E-state index in [1.807, 2.05) is 12.1 Å². The zero-order valence-corrected chi connectivity index (χ0v) is 12.4. The second-order valence-electron chi connectivity index (χ2n) is 3.69. The Labute approximate surface area is 124 Å². The lowest BCUT2D eigenvalue weighted by molar-refractivity contribution is -0.147. The minimum atomic E-state index is -1.43. The summed E-state index contributed by atoms with van der Waals surface area (Å²) in [5.41, 5.74) is 0. The predicted molar refractivity (Wildman–Crippen MR) is 76.8 cm³/mol. The summed E-state index contributed by atoms with van der Waals surface area (Å²) in [4.78, 5) is 22.8. The van der Waals surface area contributed by atoms with E-state index in [0.717, 1.165) is 9.21 Å². The monoisotopic (exact) mass is 323 g/mol. The van der Waals surface area contributed by atoms with Crippen molar-refractivity contribution in [3.63, 3.8) is 0 Å². The molecule has 1 aromatic rings. The molecule has 0 aliphatic carbocycles. The average Bonchev–Trinajstić information content (AvgIpc) is 2.74. The molecule has 0 aromatic carbocycles. The van der Waals surface area contributed by atoms with Crippen LogP contribution in [-0.4, -0.2) is 40.5 Å². The zero-order valence-electron chi connectivity index (χ0n) is 9.97. The molecule has 5 nitrogen and oxygen atoms in total. The minimum absolute atomic E-state index is 0.00622. The Morgan fingerprint density at radius 3 is 2.79 bits per heavy atom. The molecule has 0 radical (unpaired) electrons. The van der Waals surface area contributed by atoms with Crippen LogP contribution in [0.2, 0.25) is 4.34 Å². The van der Waals surface area contributed by atoms with E-state index in [4.69, 9.17) is 21.8 Å². The van der Waals surface area contributed by atoms with Crippen molar-refractivity contribution in [1.29, 1.82) is 0 Å². The molecule has 1 atom stereocenters. The number of amides is 1. The molecule has 1 unspecified atom stereocenters. The summed E-state index contributed by atoms with van der Waals surface area (Å²) in [5.74, 6) is -0.454. The first-order valence-electron chi connectivity index (χ1n) is 5.48. The highest BCUT2D eigenvalue weighted by atomic mass is 35.5. The van der Waals surface area contributed by atoms with Crippen LogP contribution in [0.15, 0.2) is 12.1 Å². The standard InChI is InChI=1S/C11H14ClNO4S2/c12-9-2-1-7(19-9)5-18-6-10(15)13-4-3-8(14)11(16)17/h1-2,8,14H,3-6H2,(H,13,15)(H,16,17). The summed E-state index contributed by atoms with van der Waals surface area (Å²) < 4.78 is 0.725. The highest BCUT2D eigenvalue weighted by molar-refractivity contribution is 7.99. The molecule has 106 valence electrons. The smallest absolute Gasteiger partial charge is 0.332 e. The first-order valence-corrected chi connectivity index (χ1v) is 7.83. The largest absolute Gasteiger partial charge is 0.479 e. The number of aliphatic carboxylic acids is 1. The van der Waals surface area contributed by atoms with Crippen molar-refractivity contribution in [2.24, 2.45) is 0 Å².